The average molecular weight is 238 g/mol. The fraction of sp³-hybridized carbons (Fsp3) is 0.417. The van der Waals surface area contributed by atoms with Crippen LogP contribution in [-0.4, -0.2) is 37.4 Å². The zero-order valence-electron chi connectivity index (χ0n) is 9.69. The summed E-state index contributed by atoms with van der Waals surface area (Å²) < 4.78 is 5.02. The van der Waals surface area contributed by atoms with Crippen molar-refractivity contribution >= 4 is 11.6 Å². The number of benzene rings is 1. The molecule has 1 amide bonds. The molecule has 0 aliphatic rings. The van der Waals surface area contributed by atoms with Crippen LogP contribution in [0.3, 0.4) is 0 Å². The van der Waals surface area contributed by atoms with E-state index in [2.05, 4.69) is 5.32 Å². The van der Waals surface area contributed by atoms with Crippen molar-refractivity contribution < 1.29 is 14.6 Å². The van der Waals surface area contributed by atoms with Gasteiger partial charge in [-0.05, 0) is 17.7 Å². The summed E-state index contributed by atoms with van der Waals surface area (Å²) in [6.07, 6.45) is 0.311. The molecule has 0 radical (unpaired) electrons. The number of hydrogen-bond donors (Lipinski definition) is 3. The summed E-state index contributed by atoms with van der Waals surface area (Å²) in [5.41, 5.74) is 7.16. The van der Waals surface area contributed by atoms with Crippen molar-refractivity contribution in [2.24, 2.45) is 0 Å². The normalized spacial score (nSPS) is 10.2. The molecule has 5 nitrogen and oxygen atoms in total. The zero-order chi connectivity index (χ0) is 12.5. The van der Waals surface area contributed by atoms with Crippen molar-refractivity contribution in [1.29, 1.82) is 0 Å². The summed E-state index contributed by atoms with van der Waals surface area (Å²) >= 11 is 0. The molecule has 0 unspecified atom stereocenters. The van der Waals surface area contributed by atoms with Crippen molar-refractivity contribution in [3.63, 3.8) is 0 Å². The summed E-state index contributed by atoms with van der Waals surface area (Å²) in [5, 5.41) is 11.2. The van der Waals surface area contributed by atoms with Gasteiger partial charge in [0.1, 0.15) is 0 Å². The van der Waals surface area contributed by atoms with Gasteiger partial charge in [-0.25, -0.2) is 0 Å². The fourth-order valence-corrected chi connectivity index (χ4v) is 1.38. The smallest absolute Gasteiger partial charge is 0.224 e. The molecule has 1 rings (SSSR count). The number of hydrogen-bond acceptors (Lipinski definition) is 4. The lowest BCUT2D eigenvalue weighted by Gasteiger charge is -2.06. The number of aliphatic hydroxyl groups excluding tert-OH is 1. The molecule has 0 heterocycles. The molecule has 0 bridgehead atoms. The summed E-state index contributed by atoms with van der Waals surface area (Å²) in [7, 11) is 0. The molecular weight excluding hydrogens is 220 g/mol. The first-order chi connectivity index (χ1) is 8.22. The Labute approximate surface area is 101 Å². The Morgan fingerprint density at radius 2 is 2.24 bits per heavy atom. The van der Waals surface area contributed by atoms with Crippen LogP contribution in [-0.2, 0) is 16.0 Å². The van der Waals surface area contributed by atoms with Crippen molar-refractivity contribution in [2.75, 3.05) is 32.1 Å². The molecule has 0 fully saturated rings. The molecule has 1 aromatic carbocycles. The van der Waals surface area contributed by atoms with E-state index in [1.807, 2.05) is 12.1 Å². The number of anilines is 1. The van der Waals surface area contributed by atoms with Gasteiger partial charge in [0.25, 0.3) is 0 Å². The minimum atomic E-state index is -0.0665. The van der Waals surface area contributed by atoms with E-state index in [0.29, 0.717) is 31.9 Å². The highest BCUT2D eigenvalue weighted by atomic mass is 16.5. The maximum Gasteiger partial charge on any atom is 0.224 e. The number of nitrogen functional groups attached to an aromatic ring is 1. The SMILES string of the molecule is Nc1cccc(CC(=O)NCCOCCO)c1. The highest BCUT2D eigenvalue weighted by Gasteiger charge is 2.02. The molecule has 0 aliphatic carbocycles. The molecule has 0 aliphatic heterocycles. The van der Waals surface area contributed by atoms with Crippen LogP contribution >= 0.6 is 0 Å². The minimum absolute atomic E-state index is 0.00274. The maximum atomic E-state index is 11.5. The Morgan fingerprint density at radius 3 is 2.94 bits per heavy atom. The highest BCUT2D eigenvalue weighted by molar-refractivity contribution is 5.78. The Kier molecular flexibility index (Phi) is 6.06. The van der Waals surface area contributed by atoms with Crippen molar-refractivity contribution in [3.05, 3.63) is 29.8 Å². The lowest BCUT2D eigenvalue weighted by molar-refractivity contribution is -0.120. The van der Waals surface area contributed by atoms with Gasteiger partial charge in [0.05, 0.1) is 26.2 Å². The number of amides is 1. The first kappa shape index (κ1) is 13.5. The third-order valence-electron chi connectivity index (χ3n) is 2.12. The Balaban J connectivity index is 2.21. The monoisotopic (exact) mass is 238 g/mol. The molecule has 0 saturated carbocycles. The highest BCUT2D eigenvalue weighted by Crippen LogP contribution is 2.06. The van der Waals surface area contributed by atoms with Gasteiger partial charge in [0.2, 0.25) is 5.91 Å². The van der Waals surface area contributed by atoms with Gasteiger partial charge in [-0.2, -0.15) is 0 Å². The van der Waals surface area contributed by atoms with Gasteiger partial charge in [-0.15, -0.1) is 0 Å². The lowest BCUT2D eigenvalue weighted by Crippen LogP contribution is -2.28. The number of nitrogens with two attached hydrogens (primary N) is 1. The van der Waals surface area contributed by atoms with Gasteiger partial charge in [-0.1, -0.05) is 12.1 Å². The minimum Gasteiger partial charge on any atom is -0.399 e. The number of ether oxygens (including phenoxy) is 1. The van der Waals surface area contributed by atoms with E-state index in [0.717, 1.165) is 5.56 Å². The number of nitrogens with one attached hydrogen (secondary N) is 1. The van der Waals surface area contributed by atoms with Crippen molar-refractivity contribution in [3.8, 4) is 0 Å². The summed E-state index contributed by atoms with van der Waals surface area (Å²) in [4.78, 5) is 11.5. The fourth-order valence-electron chi connectivity index (χ4n) is 1.38. The zero-order valence-corrected chi connectivity index (χ0v) is 9.69. The molecule has 5 heteroatoms. The molecule has 94 valence electrons. The standard InChI is InChI=1S/C12H18N2O3/c13-11-3-1-2-10(8-11)9-12(16)14-4-6-17-7-5-15/h1-3,8,15H,4-7,9,13H2,(H,14,16). The summed E-state index contributed by atoms with van der Waals surface area (Å²) in [5.74, 6) is -0.0665. The van der Waals surface area contributed by atoms with Crippen molar-refractivity contribution in [2.45, 2.75) is 6.42 Å². The van der Waals surface area contributed by atoms with Gasteiger partial charge >= 0.3 is 0 Å². The molecule has 0 aromatic heterocycles. The predicted molar refractivity (Wildman–Crippen MR) is 65.5 cm³/mol. The Bertz CT molecular complexity index is 355. The van der Waals surface area contributed by atoms with E-state index < -0.39 is 0 Å². The molecule has 1 aromatic rings. The largest absolute Gasteiger partial charge is 0.399 e. The van der Waals surface area contributed by atoms with E-state index >= 15 is 0 Å². The maximum absolute atomic E-state index is 11.5. The lowest BCUT2D eigenvalue weighted by atomic mass is 10.1. The Morgan fingerprint density at radius 1 is 1.41 bits per heavy atom. The van der Waals surface area contributed by atoms with E-state index in [4.69, 9.17) is 15.6 Å². The first-order valence-corrected chi connectivity index (χ1v) is 5.52. The average Bonchev–Trinajstić information content (AvgIpc) is 2.29. The van der Waals surface area contributed by atoms with Crippen LogP contribution in [0.4, 0.5) is 5.69 Å². The number of carbonyl (C=O) groups is 1. The first-order valence-electron chi connectivity index (χ1n) is 5.52. The van der Waals surface area contributed by atoms with Crippen LogP contribution in [0, 0.1) is 0 Å². The Hall–Kier alpha value is -1.59. The van der Waals surface area contributed by atoms with Crippen LogP contribution in [0.25, 0.3) is 0 Å². The summed E-state index contributed by atoms with van der Waals surface area (Å²) in [6.45, 7) is 1.15. The van der Waals surface area contributed by atoms with Crippen LogP contribution in [0.1, 0.15) is 5.56 Å². The second-order valence-corrected chi connectivity index (χ2v) is 3.61. The summed E-state index contributed by atoms with van der Waals surface area (Å²) in [6, 6.07) is 7.24. The van der Waals surface area contributed by atoms with Crippen molar-refractivity contribution in [1.82, 2.24) is 5.32 Å². The molecule has 4 N–H and O–H groups in total. The van der Waals surface area contributed by atoms with Gasteiger partial charge in [0.15, 0.2) is 0 Å². The second kappa shape index (κ2) is 7.65. The quantitative estimate of drug-likeness (QED) is 0.459. The van der Waals surface area contributed by atoms with Crippen LogP contribution < -0.4 is 11.1 Å². The van der Waals surface area contributed by atoms with E-state index in [-0.39, 0.29) is 12.5 Å². The van der Waals surface area contributed by atoms with E-state index in [1.165, 1.54) is 0 Å². The predicted octanol–water partition coefficient (Wildman–Crippen LogP) is -0.0636. The third-order valence-corrected chi connectivity index (χ3v) is 2.12. The molecule has 17 heavy (non-hydrogen) atoms. The van der Waals surface area contributed by atoms with Gasteiger partial charge < -0.3 is 20.9 Å². The second-order valence-electron chi connectivity index (χ2n) is 3.61. The number of aliphatic hydroxyl groups is 1. The van der Waals surface area contributed by atoms with Crippen LogP contribution in [0.2, 0.25) is 0 Å². The molecule has 0 saturated heterocycles. The van der Waals surface area contributed by atoms with Crippen LogP contribution in [0.5, 0.6) is 0 Å². The molecule has 0 spiro atoms. The molecular formula is C12H18N2O3. The van der Waals surface area contributed by atoms with Crippen LogP contribution in [0.15, 0.2) is 24.3 Å². The van der Waals surface area contributed by atoms with E-state index in [1.54, 1.807) is 12.1 Å². The topological polar surface area (TPSA) is 84.6 Å². The number of carbonyl (C=O) groups excluding carboxylic acids is 1. The van der Waals surface area contributed by atoms with Gasteiger partial charge in [0, 0.05) is 12.2 Å². The van der Waals surface area contributed by atoms with Gasteiger partial charge in [-0.3, -0.25) is 4.79 Å². The molecule has 0 atom stereocenters. The number of rotatable bonds is 7. The van der Waals surface area contributed by atoms with E-state index in [9.17, 15) is 4.79 Å². The third kappa shape index (κ3) is 5.89.